The van der Waals surface area contributed by atoms with Crippen molar-refractivity contribution in [2.75, 3.05) is 20.8 Å². The molecule has 6 nitrogen and oxygen atoms in total. The molecular weight excluding hydrogens is 390 g/mol. The summed E-state index contributed by atoms with van der Waals surface area (Å²) in [6, 6.07) is 21.4. The molecule has 6 heteroatoms. The molecular formula is C25H28N3O3+. The van der Waals surface area contributed by atoms with Gasteiger partial charge in [0.15, 0.2) is 6.67 Å². The summed E-state index contributed by atoms with van der Waals surface area (Å²) < 4.78 is 5.29. The third-order valence-electron chi connectivity index (χ3n) is 6.02. The Balaban J connectivity index is 1.49. The lowest BCUT2D eigenvalue weighted by Gasteiger charge is -2.26. The van der Waals surface area contributed by atoms with E-state index >= 15 is 0 Å². The van der Waals surface area contributed by atoms with Crippen molar-refractivity contribution in [3.05, 3.63) is 77.9 Å². The quantitative estimate of drug-likeness (QED) is 0.580. The zero-order valence-corrected chi connectivity index (χ0v) is 18.1. The monoisotopic (exact) mass is 418 g/mol. The fourth-order valence-corrected chi connectivity index (χ4v) is 4.32. The SMILES string of the molecule is CC[C@@]1(c2ccccc2)NC(=O)N(C[NH+](C)Cc2ccc3cc(OC)ccc3c2)C1=O. The number of hydrogen-bond donors (Lipinski definition) is 2. The molecule has 0 aliphatic carbocycles. The number of nitrogens with zero attached hydrogens (tertiary/aromatic N) is 1. The first-order chi connectivity index (χ1) is 15.0. The second-order valence-corrected chi connectivity index (χ2v) is 8.13. The number of quaternary nitrogens is 1. The van der Waals surface area contributed by atoms with Gasteiger partial charge in [0.1, 0.15) is 17.8 Å². The molecule has 2 N–H and O–H groups in total. The summed E-state index contributed by atoms with van der Waals surface area (Å²) in [4.78, 5) is 28.4. The molecule has 3 aromatic rings. The molecule has 2 atom stereocenters. The van der Waals surface area contributed by atoms with Crippen LogP contribution in [-0.4, -0.2) is 37.7 Å². The molecule has 1 aliphatic heterocycles. The van der Waals surface area contributed by atoms with Crippen LogP contribution < -0.4 is 15.0 Å². The number of benzene rings is 3. The fourth-order valence-electron chi connectivity index (χ4n) is 4.32. The minimum absolute atomic E-state index is 0.184. The van der Waals surface area contributed by atoms with E-state index < -0.39 is 5.54 Å². The highest BCUT2D eigenvalue weighted by molar-refractivity contribution is 6.07. The number of nitrogens with one attached hydrogen (secondary N) is 2. The zero-order chi connectivity index (χ0) is 22.0. The number of carbonyl (C=O) groups is 2. The van der Waals surface area contributed by atoms with Crippen LogP contribution in [-0.2, 0) is 16.9 Å². The van der Waals surface area contributed by atoms with E-state index in [9.17, 15) is 9.59 Å². The Bertz CT molecular complexity index is 1120. The van der Waals surface area contributed by atoms with E-state index in [0.29, 0.717) is 19.6 Å². The maximum atomic E-state index is 13.3. The second-order valence-electron chi connectivity index (χ2n) is 8.13. The van der Waals surface area contributed by atoms with Crippen LogP contribution in [0, 0.1) is 0 Å². The molecule has 31 heavy (non-hydrogen) atoms. The van der Waals surface area contributed by atoms with Gasteiger partial charge in [-0.15, -0.1) is 0 Å². The van der Waals surface area contributed by atoms with Crippen molar-refractivity contribution in [3.63, 3.8) is 0 Å². The average molecular weight is 419 g/mol. The highest BCUT2D eigenvalue weighted by Gasteiger charge is 2.52. The lowest BCUT2D eigenvalue weighted by Crippen LogP contribution is -3.09. The molecule has 3 amide bonds. The van der Waals surface area contributed by atoms with Gasteiger partial charge < -0.3 is 15.0 Å². The molecule has 1 fully saturated rings. The van der Waals surface area contributed by atoms with Gasteiger partial charge in [-0.05, 0) is 41.0 Å². The molecule has 1 heterocycles. The number of fused-ring (bicyclic) bond motifs is 1. The molecule has 0 aromatic heterocycles. The summed E-state index contributed by atoms with van der Waals surface area (Å²) >= 11 is 0. The molecule has 1 aliphatic rings. The number of carbonyl (C=O) groups excluding carboxylic acids is 2. The summed E-state index contributed by atoms with van der Waals surface area (Å²) in [6.45, 7) is 2.93. The Hall–Kier alpha value is -3.38. The largest absolute Gasteiger partial charge is 0.497 e. The highest BCUT2D eigenvalue weighted by Crippen LogP contribution is 2.31. The molecule has 0 radical (unpaired) electrons. The van der Waals surface area contributed by atoms with E-state index in [1.54, 1.807) is 7.11 Å². The maximum absolute atomic E-state index is 13.3. The first-order valence-electron chi connectivity index (χ1n) is 10.5. The number of methoxy groups -OCH3 is 1. The molecule has 4 rings (SSSR count). The third kappa shape index (κ3) is 3.86. The van der Waals surface area contributed by atoms with E-state index in [-0.39, 0.29) is 11.9 Å². The van der Waals surface area contributed by atoms with Gasteiger partial charge in [-0.1, -0.05) is 55.5 Å². The third-order valence-corrected chi connectivity index (χ3v) is 6.02. The topological polar surface area (TPSA) is 63.1 Å². The lowest BCUT2D eigenvalue weighted by atomic mass is 9.87. The van der Waals surface area contributed by atoms with Crippen molar-refractivity contribution in [1.82, 2.24) is 10.2 Å². The van der Waals surface area contributed by atoms with Crippen LogP contribution >= 0.6 is 0 Å². The number of ether oxygens (including phenoxy) is 1. The summed E-state index contributed by atoms with van der Waals surface area (Å²) in [6.07, 6.45) is 0.505. The van der Waals surface area contributed by atoms with Gasteiger partial charge in [-0.2, -0.15) is 0 Å². The van der Waals surface area contributed by atoms with Gasteiger partial charge in [0.2, 0.25) is 0 Å². The van der Waals surface area contributed by atoms with Crippen molar-refractivity contribution in [2.45, 2.75) is 25.4 Å². The number of urea groups is 1. The van der Waals surface area contributed by atoms with Crippen LogP contribution in [0.1, 0.15) is 24.5 Å². The van der Waals surface area contributed by atoms with Crippen molar-refractivity contribution in [1.29, 1.82) is 0 Å². The Labute approximate surface area is 182 Å². The van der Waals surface area contributed by atoms with Gasteiger partial charge >= 0.3 is 6.03 Å². The normalized spacial score (nSPS) is 19.5. The molecule has 0 spiro atoms. The molecule has 160 valence electrons. The minimum atomic E-state index is -0.985. The van der Waals surface area contributed by atoms with Crippen LogP contribution in [0.15, 0.2) is 66.7 Å². The van der Waals surface area contributed by atoms with E-state index in [1.807, 2.05) is 62.5 Å². The average Bonchev–Trinajstić information content (AvgIpc) is 3.04. The van der Waals surface area contributed by atoms with Gasteiger partial charge in [0, 0.05) is 5.56 Å². The van der Waals surface area contributed by atoms with Crippen LogP contribution in [0.5, 0.6) is 5.75 Å². The number of hydrogen-bond acceptors (Lipinski definition) is 3. The molecule has 3 aromatic carbocycles. The van der Waals surface area contributed by atoms with Crippen LogP contribution in [0.2, 0.25) is 0 Å². The second kappa shape index (κ2) is 8.40. The van der Waals surface area contributed by atoms with Gasteiger partial charge in [0.25, 0.3) is 5.91 Å². The van der Waals surface area contributed by atoms with Gasteiger partial charge in [0.05, 0.1) is 14.2 Å². The molecule has 1 saturated heterocycles. The highest BCUT2D eigenvalue weighted by atomic mass is 16.5. The summed E-state index contributed by atoms with van der Waals surface area (Å²) in [5, 5.41) is 5.20. The number of amides is 3. The first kappa shape index (κ1) is 20.9. The predicted octanol–water partition coefficient (Wildman–Crippen LogP) is 2.68. The standard InChI is InChI=1S/C25H27N3O3/c1-4-25(21-8-6-5-7-9-21)23(29)28(24(30)26-25)17-27(2)16-18-10-11-20-15-22(31-3)13-12-19(20)14-18/h5-15H,4,16-17H2,1-3H3,(H,26,30)/p+1/t25-/m0/s1. The van der Waals surface area contributed by atoms with Crippen molar-refractivity contribution >= 4 is 22.7 Å². The van der Waals surface area contributed by atoms with Crippen molar-refractivity contribution in [2.24, 2.45) is 0 Å². The first-order valence-corrected chi connectivity index (χ1v) is 10.5. The zero-order valence-electron chi connectivity index (χ0n) is 18.1. The van der Waals surface area contributed by atoms with E-state index in [1.165, 1.54) is 4.90 Å². The minimum Gasteiger partial charge on any atom is -0.497 e. The lowest BCUT2D eigenvalue weighted by molar-refractivity contribution is -0.901. The maximum Gasteiger partial charge on any atom is 0.329 e. The number of imide groups is 1. The van der Waals surface area contributed by atoms with Gasteiger partial charge in [-0.25, -0.2) is 9.69 Å². The van der Waals surface area contributed by atoms with Crippen LogP contribution in [0.3, 0.4) is 0 Å². The van der Waals surface area contributed by atoms with Crippen LogP contribution in [0.25, 0.3) is 10.8 Å². The molecule has 1 unspecified atom stereocenters. The fraction of sp³-hybridized carbons (Fsp3) is 0.280. The van der Waals surface area contributed by atoms with Crippen molar-refractivity contribution in [3.8, 4) is 5.75 Å². The van der Waals surface area contributed by atoms with E-state index in [4.69, 9.17) is 4.74 Å². The Morgan fingerprint density at radius 3 is 2.42 bits per heavy atom. The summed E-state index contributed by atoms with van der Waals surface area (Å²) in [5.74, 6) is 0.649. The molecule has 0 saturated carbocycles. The molecule has 0 bridgehead atoms. The Kier molecular flexibility index (Phi) is 5.65. The predicted molar refractivity (Wildman–Crippen MR) is 120 cm³/mol. The Morgan fingerprint density at radius 1 is 1.00 bits per heavy atom. The summed E-state index contributed by atoms with van der Waals surface area (Å²) in [7, 11) is 3.65. The van der Waals surface area contributed by atoms with E-state index in [2.05, 4.69) is 23.5 Å². The van der Waals surface area contributed by atoms with Crippen molar-refractivity contribution < 1.29 is 19.2 Å². The summed E-state index contributed by atoms with van der Waals surface area (Å²) in [5.41, 5.74) is 0.980. The smallest absolute Gasteiger partial charge is 0.329 e. The van der Waals surface area contributed by atoms with Crippen LogP contribution in [0.4, 0.5) is 4.79 Å². The van der Waals surface area contributed by atoms with E-state index in [0.717, 1.165) is 32.5 Å². The van der Waals surface area contributed by atoms with Gasteiger partial charge in [-0.3, -0.25) is 4.79 Å². The Morgan fingerprint density at radius 2 is 1.71 bits per heavy atom. The number of rotatable bonds is 7.